The van der Waals surface area contributed by atoms with E-state index in [9.17, 15) is 9.59 Å². The molecule has 4 heterocycles. The van der Waals surface area contributed by atoms with Gasteiger partial charge >= 0.3 is 0 Å². The summed E-state index contributed by atoms with van der Waals surface area (Å²) >= 11 is 0. The first kappa shape index (κ1) is 16.6. The second-order valence-corrected chi connectivity index (χ2v) is 5.73. The van der Waals surface area contributed by atoms with E-state index < -0.39 is 0 Å². The quantitative estimate of drug-likeness (QED) is 0.671. The fraction of sp³-hybridized carbons (Fsp3) is 0.571. The summed E-state index contributed by atoms with van der Waals surface area (Å²) in [6.45, 7) is 3.50. The van der Waals surface area contributed by atoms with Crippen molar-refractivity contribution in [3.05, 3.63) is 11.4 Å². The Morgan fingerprint density at radius 1 is 0.654 bits per heavy atom. The zero-order chi connectivity index (χ0) is 17.9. The van der Waals surface area contributed by atoms with Crippen molar-refractivity contribution in [2.75, 3.05) is 52.6 Å². The molecular formula is C14H16N6O6. The van der Waals surface area contributed by atoms with E-state index in [4.69, 9.17) is 18.7 Å². The average molecular weight is 364 g/mol. The van der Waals surface area contributed by atoms with Crippen LogP contribution in [0.25, 0.3) is 11.4 Å². The van der Waals surface area contributed by atoms with E-state index in [1.807, 2.05) is 0 Å². The Labute approximate surface area is 146 Å². The molecule has 26 heavy (non-hydrogen) atoms. The molecule has 0 radical (unpaired) electrons. The summed E-state index contributed by atoms with van der Waals surface area (Å²) in [5.41, 5.74) is -0.0315. The van der Waals surface area contributed by atoms with Crippen LogP contribution in [0.4, 0.5) is 0 Å². The predicted octanol–water partition coefficient (Wildman–Crippen LogP) is -0.936. The second kappa shape index (κ2) is 7.17. The highest BCUT2D eigenvalue weighted by atomic mass is 16.6. The lowest BCUT2D eigenvalue weighted by Crippen LogP contribution is -2.41. The number of morpholine rings is 2. The van der Waals surface area contributed by atoms with Gasteiger partial charge in [-0.2, -0.15) is 0 Å². The number of nitrogens with zero attached hydrogens (tertiary/aromatic N) is 6. The summed E-state index contributed by atoms with van der Waals surface area (Å²) < 4.78 is 19.9. The van der Waals surface area contributed by atoms with E-state index >= 15 is 0 Å². The number of hydrogen-bond acceptors (Lipinski definition) is 10. The number of rotatable bonds is 3. The summed E-state index contributed by atoms with van der Waals surface area (Å²) in [6, 6.07) is 0. The maximum Gasteiger partial charge on any atom is 0.278 e. The lowest BCUT2D eigenvalue weighted by atomic mass is 10.1. The minimum absolute atomic E-state index is 0.0272. The van der Waals surface area contributed by atoms with Crippen LogP contribution >= 0.6 is 0 Å². The van der Waals surface area contributed by atoms with E-state index in [1.54, 1.807) is 9.80 Å². The molecule has 0 bridgehead atoms. The van der Waals surface area contributed by atoms with Crippen LogP contribution in [0.2, 0.25) is 0 Å². The zero-order valence-electron chi connectivity index (χ0n) is 13.8. The molecule has 2 aromatic rings. The molecule has 0 N–H and O–H groups in total. The SMILES string of the molecule is O=C(c1nonc1-c1nonc1C(=O)N1CCOCC1)N1CCOCC1. The Morgan fingerprint density at radius 2 is 1.04 bits per heavy atom. The molecule has 2 saturated heterocycles. The number of amides is 2. The Bertz CT molecular complexity index is 725. The van der Waals surface area contributed by atoms with Crippen molar-refractivity contribution in [1.29, 1.82) is 0 Å². The van der Waals surface area contributed by atoms with Gasteiger partial charge in [-0.05, 0) is 20.6 Å². The molecule has 12 nitrogen and oxygen atoms in total. The van der Waals surface area contributed by atoms with Crippen LogP contribution in [-0.4, -0.2) is 94.8 Å². The Hall–Kier alpha value is -2.86. The molecule has 138 valence electrons. The van der Waals surface area contributed by atoms with Crippen LogP contribution in [0.1, 0.15) is 21.0 Å². The monoisotopic (exact) mass is 364 g/mol. The highest BCUT2D eigenvalue weighted by molar-refractivity contribution is 6.02. The Morgan fingerprint density at radius 3 is 1.42 bits per heavy atom. The van der Waals surface area contributed by atoms with Crippen LogP contribution in [-0.2, 0) is 9.47 Å². The molecule has 2 aliphatic heterocycles. The lowest BCUT2D eigenvalue weighted by Gasteiger charge is -2.26. The Balaban J connectivity index is 1.61. The van der Waals surface area contributed by atoms with Gasteiger partial charge in [0.05, 0.1) is 26.4 Å². The molecule has 0 aromatic carbocycles. The van der Waals surface area contributed by atoms with Crippen LogP contribution in [0.15, 0.2) is 9.26 Å². The molecule has 2 amide bonds. The fourth-order valence-corrected chi connectivity index (χ4v) is 2.80. The second-order valence-electron chi connectivity index (χ2n) is 5.73. The van der Waals surface area contributed by atoms with Crippen LogP contribution in [0.3, 0.4) is 0 Å². The predicted molar refractivity (Wildman–Crippen MR) is 81.0 cm³/mol. The van der Waals surface area contributed by atoms with Crippen molar-refractivity contribution in [1.82, 2.24) is 30.4 Å². The van der Waals surface area contributed by atoms with E-state index in [2.05, 4.69) is 20.6 Å². The van der Waals surface area contributed by atoms with E-state index in [0.29, 0.717) is 52.6 Å². The first-order chi connectivity index (χ1) is 12.8. The molecule has 0 unspecified atom stereocenters. The molecule has 0 spiro atoms. The summed E-state index contributed by atoms with van der Waals surface area (Å²) in [5.74, 6) is -0.755. The first-order valence-corrected chi connectivity index (χ1v) is 8.15. The lowest BCUT2D eigenvalue weighted by molar-refractivity contribution is 0.0293. The first-order valence-electron chi connectivity index (χ1n) is 8.15. The van der Waals surface area contributed by atoms with E-state index in [-0.39, 0.29) is 34.6 Å². The zero-order valence-corrected chi connectivity index (χ0v) is 13.8. The molecule has 0 atom stereocenters. The van der Waals surface area contributed by atoms with Crippen molar-refractivity contribution in [2.45, 2.75) is 0 Å². The van der Waals surface area contributed by atoms with Crippen LogP contribution < -0.4 is 0 Å². The van der Waals surface area contributed by atoms with E-state index in [1.165, 1.54) is 0 Å². The number of ether oxygens (including phenoxy) is 2. The molecule has 2 fully saturated rings. The van der Waals surface area contributed by atoms with Gasteiger partial charge in [-0.1, -0.05) is 0 Å². The van der Waals surface area contributed by atoms with Gasteiger partial charge in [0.2, 0.25) is 11.4 Å². The van der Waals surface area contributed by atoms with Gasteiger partial charge in [0.1, 0.15) is 0 Å². The number of hydrogen-bond donors (Lipinski definition) is 0. The minimum atomic E-state index is -0.377. The van der Waals surface area contributed by atoms with Crippen LogP contribution in [0.5, 0.6) is 0 Å². The molecule has 0 aliphatic carbocycles. The van der Waals surface area contributed by atoms with Crippen molar-refractivity contribution < 1.29 is 28.3 Å². The smallest absolute Gasteiger partial charge is 0.278 e. The highest BCUT2D eigenvalue weighted by Crippen LogP contribution is 2.24. The topological polar surface area (TPSA) is 137 Å². The van der Waals surface area contributed by atoms with Gasteiger partial charge in [0.25, 0.3) is 11.8 Å². The highest BCUT2D eigenvalue weighted by Gasteiger charge is 2.33. The molecular weight excluding hydrogens is 348 g/mol. The van der Waals surface area contributed by atoms with Crippen molar-refractivity contribution in [2.24, 2.45) is 0 Å². The molecule has 0 saturated carbocycles. The molecule has 2 aliphatic rings. The number of carbonyl (C=O) groups excluding carboxylic acids is 2. The van der Waals surface area contributed by atoms with Gasteiger partial charge in [0.15, 0.2) is 11.4 Å². The summed E-state index contributed by atoms with van der Waals surface area (Å²) in [7, 11) is 0. The van der Waals surface area contributed by atoms with Crippen LogP contribution in [0, 0.1) is 0 Å². The third-order valence-corrected chi connectivity index (χ3v) is 4.20. The minimum Gasteiger partial charge on any atom is -0.378 e. The van der Waals surface area contributed by atoms with Gasteiger partial charge in [-0.25, -0.2) is 9.26 Å². The van der Waals surface area contributed by atoms with Crippen molar-refractivity contribution in [3.8, 4) is 11.4 Å². The maximum absolute atomic E-state index is 12.7. The van der Waals surface area contributed by atoms with E-state index in [0.717, 1.165) is 0 Å². The third-order valence-electron chi connectivity index (χ3n) is 4.20. The van der Waals surface area contributed by atoms with Gasteiger partial charge < -0.3 is 19.3 Å². The molecule has 4 rings (SSSR count). The standard InChI is InChI=1S/C14H16N6O6/c21-13(19-1-5-23-6-2-19)11-9(15-25-17-11)10-12(18-26-16-10)14(22)20-3-7-24-8-4-20/h1-8H2. The van der Waals surface area contributed by atoms with Crippen molar-refractivity contribution >= 4 is 11.8 Å². The summed E-state index contributed by atoms with van der Waals surface area (Å²) in [5, 5.41) is 14.9. The molecule has 2 aromatic heterocycles. The maximum atomic E-state index is 12.7. The molecule has 12 heteroatoms. The average Bonchev–Trinajstić information content (AvgIpc) is 3.37. The van der Waals surface area contributed by atoms with Crippen molar-refractivity contribution in [3.63, 3.8) is 0 Å². The summed E-state index contributed by atoms with van der Waals surface area (Å²) in [6.07, 6.45) is 0. The number of carbonyl (C=O) groups is 2. The normalized spacial score (nSPS) is 18.2. The largest absolute Gasteiger partial charge is 0.378 e. The van der Waals surface area contributed by atoms with Gasteiger partial charge in [0, 0.05) is 26.2 Å². The third kappa shape index (κ3) is 3.04. The van der Waals surface area contributed by atoms with Gasteiger partial charge in [-0.15, -0.1) is 0 Å². The van der Waals surface area contributed by atoms with Gasteiger partial charge in [-0.3, -0.25) is 9.59 Å². The fourth-order valence-electron chi connectivity index (χ4n) is 2.80. The summed E-state index contributed by atoms with van der Waals surface area (Å²) in [4.78, 5) is 28.5. The Kier molecular flexibility index (Phi) is 4.58. The number of aromatic nitrogens is 4.